The van der Waals surface area contributed by atoms with Gasteiger partial charge < -0.3 is 18.8 Å². The predicted octanol–water partition coefficient (Wildman–Crippen LogP) is 4.71. The summed E-state index contributed by atoms with van der Waals surface area (Å²) in [5.41, 5.74) is 0.0953. The quantitative estimate of drug-likeness (QED) is 0.358. The van der Waals surface area contributed by atoms with Crippen LogP contribution in [0.15, 0.2) is 78.9 Å². The molecule has 0 saturated heterocycles. The van der Waals surface area contributed by atoms with Crippen LogP contribution in [0.5, 0.6) is 11.5 Å². The maximum Gasteiger partial charge on any atom is 0.306 e. The monoisotopic (exact) mass is 438 g/mol. The van der Waals surface area contributed by atoms with Crippen molar-refractivity contribution >= 4 is 23.7 Å². The van der Waals surface area contributed by atoms with E-state index in [9.17, 15) is 9.36 Å². The van der Waals surface area contributed by atoms with Crippen molar-refractivity contribution in [1.29, 1.82) is 0 Å². The molecule has 0 bridgehead atoms. The Balaban J connectivity index is 2.24. The molecule has 0 heterocycles. The molecule has 0 saturated carbocycles. The highest BCUT2D eigenvalue weighted by molar-refractivity contribution is 7.79. The first kappa shape index (κ1) is 22.6. The molecule has 0 N–H and O–H groups in total. The van der Waals surface area contributed by atoms with Gasteiger partial charge in [0.05, 0.1) is 32.9 Å². The molecule has 1 atom stereocenters. The van der Waals surface area contributed by atoms with Gasteiger partial charge in [0.2, 0.25) is 0 Å². The van der Waals surface area contributed by atoms with Gasteiger partial charge in [-0.05, 0) is 24.6 Å². The highest BCUT2D eigenvalue weighted by atomic mass is 31.2. The number of hydrogen-bond acceptors (Lipinski definition) is 5. The van der Waals surface area contributed by atoms with Crippen LogP contribution in [0.4, 0.5) is 0 Å². The lowest BCUT2D eigenvalue weighted by molar-refractivity contribution is -0.143. The fraction of sp³-hybridized carbons (Fsp3) is 0.240. The zero-order chi connectivity index (χ0) is 22.3. The van der Waals surface area contributed by atoms with E-state index in [1.165, 1.54) is 0 Å². The van der Waals surface area contributed by atoms with Crippen molar-refractivity contribution in [3.05, 3.63) is 84.4 Å². The molecular weight excluding hydrogens is 411 g/mol. The molecular formula is C25H27O5P. The Morgan fingerprint density at radius 2 is 1.39 bits per heavy atom. The van der Waals surface area contributed by atoms with Crippen molar-refractivity contribution in [3.8, 4) is 11.5 Å². The zero-order valence-electron chi connectivity index (χ0n) is 18.0. The number of hydrogen-bond donors (Lipinski definition) is 0. The van der Waals surface area contributed by atoms with Crippen LogP contribution < -0.4 is 20.1 Å². The largest absolute Gasteiger partial charge is 0.493 e. The lowest BCUT2D eigenvalue weighted by Gasteiger charge is -2.29. The Kier molecular flexibility index (Phi) is 7.54. The third kappa shape index (κ3) is 4.83. The smallest absolute Gasteiger partial charge is 0.306 e. The number of benzene rings is 3. The van der Waals surface area contributed by atoms with Crippen molar-refractivity contribution in [1.82, 2.24) is 0 Å². The maximum atomic E-state index is 14.9. The molecule has 0 amide bonds. The molecule has 1 unspecified atom stereocenters. The lowest BCUT2D eigenvalue weighted by Crippen LogP contribution is -2.24. The number of esters is 1. The Bertz CT molecular complexity index is 1010. The summed E-state index contributed by atoms with van der Waals surface area (Å²) < 4.78 is 31.0. The average molecular weight is 438 g/mol. The van der Waals surface area contributed by atoms with Crippen LogP contribution in [0.2, 0.25) is 0 Å². The van der Waals surface area contributed by atoms with E-state index in [0.29, 0.717) is 22.1 Å². The molecule has 3 aromatic rings. The normalized spacial score (nSPS) is 12.1. The minimum Gasteiger partial charge on any atom is -0.493 e. The number of rotatable bonds is 9. The highest BCUT2D eigenvalue weighted by Gasteiger charge is 2.39. The van der Waals surface area contributed by atoms with E-state index < -0.39 is 18.8 Å². The summed E-state index contributed by atoms with van der Waals surface area (Å²) in [6.45, 7) is 2.02. The van der Waals surface area contributed by atoms with Gasteiger partial charge >= 0.3 is 5.97 Å². The second kappa shape index (κ2) is 10.3. The summed E-state index contributed by atoms with van der Waals surface area (Å²) in [6.07, 6.45) is -0.0234. The number of ether oxygens (including phenoxy) is 3. The minimum absolute atomic E-state index is 0.0234. The first-order valence-electron chi connectivity index (χ1n) is 10.1. The van der Waals surface area contributed by atoms with E-state index >= 15 is 0 Å². The molecule has 31 heavy (non-hydrogen) atoms. The molecule has 3 aromatic carbocycles. The van der Waals surface area contributed by atoms with Crippen LogP contribution in [0.3, 0.4) is 0 Å². The third-order valence-electron chi connectivity index (χ3n) is 5.18. The number of carbonyl (C=O) groups excluding carboxylic acids is 1. The maximum absolute atomic E-state index is 14.9. The summed E-state index contributed by atoms with van der Waals surface area (Å²) in [4.78, 5) is 12.6. The molecule has 3 rings (SSSR count). The van der Waals surface area contributed by atoms with Crippen LogP contribution in [-0.4, -0.2) is 26.8 Å². The van der Waals surface area contributed by atoms with Gasteiger partial charge in [0.1, 0.15) is 0 Å². The van der Waals surface area contributed by atoms with Gasteiger partial charge in [0.15, 0.2) is 18.6 Å². The number of carbonyl (C=O) groups is 1. The Morgan fingerprint density at radius 1 is 0.839 bits per heavy atom. The van der Waals surface area contributed by atoms with E-state index in [-0.39, 0.29) is 13.0 Å². The SMILES string of the molecule is CCOC(=O)CC(c1ccc(OC)c(OC)c1)P(=O)(c1ccccc1)c1ccccc1. The van der Waals surface area contributed by atoms with Gasteiger partial charge in [-0.3, -0.25) is 4.79 Å². The molecule has 0 aliphatic heterocycles. The first-order chi connectivity index (χ1) is 15.0. The minimum atomic E-state index is -3.28. The predicted molar refractivity (Wildman–Crippen MR) is 123 cm³/mol. The zero-order valence-corrected chi connectivity index (χ0v) is 18.9. The van der Waals surface area contributed by atoms with Gasteiger partial charge in [0, 0.05) is 10.6 Å². The number of methoxy groups -OCH3 is 2. The van der Waals surface area contributed by atoms with E-state index in [0.717, 1.165) is 5.56 Å². The lowest BCUT2D eigenvalue weighted by atomic mass is 10.1. The van der Waals surface area contributed by atoms with Crippen LogP contribution in [0.25, 0.3) is 0 Å². The van der Waals surface area contributed by atoms with E-state index in [1.54, 1.807) is 33.3 Å². The summed E-state index contributed by atoms with van der Waals surface area (Å²) in [7, 11) is -0.171. The summed E-state index contributed by atoms with van der Waals surface area (Å²) in [5, 5.41) is 1.37. The van der Waals surface area contributed by atoms with Gasteiger partial charge in [-0.1, -0.05) is 66.7 Å². The molecule has 0 spiro atoms. The Hall–Kier alpha value is -3.04. The summed E-state index contributed by atoms with van der Waals surface area (Å²) >= 11 is 0. The fourth-order valence-electron chi connectivity index (χ4n) is 3.70. The summed E-state index contributed by atoms with van der Waals surface area (Å²) in [5.74, 6) is 0.686. The first-order valence-corrected chi connectivity index (χ1v) is 11.9. The topological polar surface area (TPSA) is 61.8 Å². The van der Waals surface area contributed by atoms with Gasteiger partial charge in [-0.15, -0.1) is 0 Å². The molecule has 162 valence electrons. The molecule has 0 aromatic heterocycles. The Labute approximate surface area is 183 Å². The van der Waals surface area contributed by atoms with Crippen molar-refractivity contribution < 1.29 is 23.6 Å². The molecule has 0 aliphatic rings. The van der Waals surface area contributed by atoms with Crippen molar-refractivity contribution in [2.24, 2.45) is 0 Å². The van der Waals surface area contributed by atoms with Gasteiger partial charge in [0.25, 0.3) is 0 Å². The van der Waals surface area contributed by atoms with Gasteiger partial charge in [-0.2, -0.15) is 0 Å². The molecule has 6 heteroatoms. The third-order valence-corrected chi connectivity index (χ3v) is 8.67. The van der Waals surface area contributed by atoms with E-state index in [2.05, 4.69) is 0 Å². The second-order valence-electron chi connectivity index (χ2n) is 6.97. The van der Waals surface area contributed by atoms with Crippen LogP contribution in [-0.2, 0) is 14.1 Å². The van der Waals surface area contributed by atoms with Crippen molar-refractivity contribution in [3.63, 3.8) is 0 Å². The average Bonchev–Trinajstić information content (AvgIpc) is 2.83. The van der Waals surface area contributed by atoms with Gasteiger partial charge in [-0.25, -0.2) is 0 Å². The van der Waals surface area contributed by atoms with Crippen LogP contribution in [0.1, 0.15) is 24.6 Å². The standard InChI is InChI=1S/C25H27O5P/c1-4-30-25(26)18-24(19-15-16-22(28-2)23(17-19)29-3)31(27,20-11-7-5-8-12-20)21-13-9-6-10-14-21/h5-17,24H,4,18H2,1-3H3. The van der Waals surface area contributed by atoms with Crippen molar-refractivity contribution in [2.45, 2.75) is 19.0 Å². The van der Waals surface area contributed by atoms with Crippen LogP contribution in [0, 0.1) is 0 Å². The molecule has 0 fully saturated rings. The molecule has 0 radical (unpaired) electrons. The Morgan fingerprint density at radius 3 is 1.87 bits per heavy atom. The van der Waals surface area contributed by atoms with E-state index in [1.807, 2.05) is 66.7 Å². The fourth-order valence-corrected chi connectivity index (χ4v) is 6.94. The second-order valence-corrected chi connectivity index (χ2v) is 9.94. The van der Waals surface area contributed by atoms with Crippen molar-refractivity contribution in [2.75, 3.05) is 20.8 Å². The molecule has 0 aliphatic carbocycles. The van der Waals surface area contributed by atoms with E-state index in [4.69, 9.17) is 14.2 Å². The highest BCUT2D eigenvalue weighted by Crippen LogP contribution is 2.59. The molecule has 5 nitrogen and oxygen atoms in total. The van der Waals surface area contributed by atoms with Crippen LogP contribution >= 0.6 is 7.14 Å². The summed E-state index contributed by atoms with van der Waals surface area (Å²) in [6, 6.07) is 24.0.